The summed E-state index contributed by atoms with van der Waals surface area (Å²) in [7, 11) is -2.94. The molecule has 0 unspecified atom stereocenters. The molecular weight excluding hydrogens is 293 g/mol. The fourth-order valence-corrected chi connectivity index (χ4v) is 3.37. The Labute approximate surface area is 125 Å². The van der Waals surface area contributed by atoms with Crippen LogP contribution in [0.2, 0.25) is 0 Å². The first kappa shape index (κ1) is 16.2. The Hall–Kier alpha value is -1.21. The summed E-state index contributed by atoms with van der Waals surface area (Å²) in [6.45, 7) is 7.41. The van der Waals surface area contributed by atoms with Crippen LogP contribution in [0.5, 0.6) is 0 Å². The van der Waals surface area contributed by atoms with Crippen molar-refractivity contribution in [1.82, 2.24) is 10.3 Å². The number of pyridine rings is 1. The Bertz CT molecular complexity index is 597. The molecule has 5 nitrogen and oxygen atoms in total. The number of rotatable bonds is 3. The van der Waals surface area contributed by atoms with Crippen LogP contribution in [0.15, 0.2) is 12.3 Å². The quantitative estimate of drug-likeness (QED) is 0.912. The van der Waals surface area contributed by atoms with E-state index in [1.165, 1.54) is 12.3 Å². The average molecular weight is 315 g/mol. The topological polar surface area (TPSA) is 62.3 Å². The minimum absolute atomic E-state index is 0.0885. The lowest BCUT2D eigenvalue weighted by molar-refractivity contribution is 0.423. The highest BCUT2D eigenvalue weighted by Gasteiger charge is 2.24. The van der Waals surface area contributed by atoms with Crippen LogP contribution < -0.4 is 10.2 Å². The minimum atomic E-state index is -2.94. The predicted molar refractivity (Wildman–Crippen MR) is 81.7 cm³/mol. The van der Waals surface area contributed by atoms with Crippen molar-refractivity contribution < 1.29 is 12.8 Å². The Morgan fingerprint density at radius 3 is 2.52 bits per heavy atom. The average Bonchev–Trinajstić information content (AvgIpc) is 2.36. The van der Waals surface area contributed by atoms with Crippen LogP contribution in [0.4, 0.5) is 10.2 Å². The highest BCUT2D eigenvalue weighted by molar-refractivity contribution is 7.91. The molecule has 21 heavy (non-hydrogen) atoms. The highest BCUT2D eigenvalue weighted by Crippen LogP contribution is 2.21. The first-order valence-corrected chi connectivity index (χ1v) is 8.83. The number of nitrogens with zero attached hydrogens (tertiary/aromatic N) is 2. The summed E-state index contributed by atoms with van der Waals surface area (Å²) in [5.41, 5.74) is 0.665. The molecule has 1 aliphatic rings. The van der Waals surface area contributed by atoms with Crippen LogP contribution in [-0.2, 0) is 16.4 Å². The summed E-state index contributed by atoms with van der Waals surface area (Å²) >= 11 is 0. The molecule has 0 amide bonds. The van der Waals surface area contributed by atoms with E-state index in [1.54, 1.807) is 0 Å². The molecule has 1 saturated heterocycles. The molecule has 1 aliphatic heterocycles. The highest BCUT2D eigenvalue weighted by atomic mass is 32.2. The zero-order chi connectivity index (χ0) is 15.7. The van der Waals surface area contributed by atoms with E-state index < -0.39 is 9.84 Å². The zero-order valence-corrected chi connectivity index (χ0v) is 13.5. The van der Waals surface area contributed by atoms with Gasteiger partial charge in [0.25, 0.3) is 0 Å². The van der Waals surface area contributed by atoms with E-state index in [4.69, 9.17) is 0 Å². The van der Waals surface area contributed by atoms with Crippen molar-refractivity contribution in [3.63, 3.8) is 0 Å². The fourth-order valence-electron chi connectivity index (χ4n) is 2.17. The van der Waals surface area contributed by atoms with Gasteiger partial charge in [-0.3, -0.25) is 0 Å². The van der Waals surface area contributed by atoms with E-state index in [0.717, 1.165) is 5.56 Å². The zero-order valence-electron chi connectivity index (χ0n) is 12.7. The van der Waals surface area contributed by atoms with Crippen LogP contribution in [0.1, 0.15) is 26.3 Å². The third-order valence-corrected chi connectivity index (χ3v) is 4.97. The van der Waals surface area contributed by atoms with Gasteiger partial charge in [-0.05, 0) is 26.8 Å². The maximum Gasteiger partial charge on any atom is 0.153 e. The molecule has 1 aromatic heterocycles. The van der Waals surface area contributed by atoms with Crippen molar-refractivity contribution in [2.75, 3.05) is 29.5 Å². The normalized spacial score (nSPS) is 18.8. The van der Waals surface area contributed by atoms with Gasteiger partial charge in [-0.2, -0.15) is 0 Å². The van der Waals surface area contributed by atoms with Gasteiger partial charge < -0.3 is 10.2 Å². The fraction of sp³-hybridized carbons (Fsp3) is 0.643. The van der Waals surface area contributed by atoms with Gasteiger partial charge >= 0.3 is 0 Å². The van der Waals surface area contributed by atoms with E-state index >= 15 is 0 Å². The summed E-state index contributed by atoms with van der Waals surface area (Å²) in [4.78, 5) is 6.08. The Morgan fingerprint density at radius 1 is 1.33 bits per heavy atom. The van der Waals surface area contributed by atoms with Crippen molar-refractivity contribution in [3.8, 4) is 0 Å². The van der Waals surface area contributed by atoms with E-state index in [2.05, 4.69) is 10.3 Å². The van der Waals surface area contributed by atoms with Crippen molar-refractivity contribution >= 4 is 15.7 Å². The van der Waals surface area contributed by atoms with Gasteiger partial charge in [0.15, 0.2) is 9.84 Å². The van der Waals surface area contributed by atoms with Gasteiger partial charge in [0, 0.05) is 30.7 Å². The summed E-state index contributed by atoms with van der Waals surface area (Å²) in [5, 5.41) is 3.31. The van der Waals surface area contributed by atoms with Crippen molar-refractivity contribution in [1.29, 1.82) is 0 Å². The summed E-state index contributed by atoms with van der Waals surface area (Å²) in [6, 6.07) is 1.46. The molecule has 1 fully saturated rings. The second-order valence-electron chi connectivity index (χ2n) is 6.38. The SMILES string of the molecule is CC(C)(C)NCc1cc(F)cnc1N1CCS(=O)(=O)CC1. The lowest BCUT2D eigenvalue weighted by Gasteiger charge is -2.30. The number of nitrogens with one attached hydrogen (secondary N) is 1. The number of aromatic nitrogens is 1. The van der Waals surface area contributed by atoms with Gasteiger partial charge in [0.2, 0.25) is 0 Å². The lowest BCUT2D eigenvalue weighted by atomic mass is 10.1. The molecule has 0 aromatic carbocycles. The summed E-state index contributed by atoms with van der Waals surface area (Å²) in [5.74, 6) is 0.535. The van der Waals surface area contributed by atoms with Crippen LogP contribution in [0.25, 0.3) is 0 Å². The lowest BCUT2D eigenvalue weighted by Crippen LogP contribution is -2.42. The minimum Gasteiger partial charge on any atom is -0.354 e. The summed E-state index contributed by atoms with van der Waals surface area (Å²) in [6.07, 6.45) is 1.18. The standard InChI is InChI=1S/C14H22FN3O2S/c1-14(2,3)17-9-11-8-12(15)10-16-13(11)18-4-6-21(19,20)7-5-18/h8,10,17H,4-7,9H2,1-3H3. The predicted octanol–water partition coefficient (Wildman–Crippen LogP) is 1.34. The van der Waals surface area contributed by atoms with Gasteiger partial charge in [0.05, 0.1) is 17.7 Å². The first-order valence-electron chi connectivity index (χ1n) is 7.01. The largest absolute Gasteiger partial charge is 0.354 e. The smallest absolute Gasteiger partial charge is 0.153 e. The van der Waals surface area contributed by atoms with E-state index in [9.17, 15) is 12.8 Å². The Kier molecular flexibility index (Phi) is 4.53. The monoisotopic (exact) mass is 315 g/mol. The number of hydrogen-bond acceptors (Lipinski definition) is 5. The van der Waals surface area contributed by atoms with Crippen molar-refractivity contribution in [2.45, 2.75) is 32.9 Å². The maximum absolute atomic E-state index is 13.5. The van der Waals surface area contributed by atoms with Crippen LogP contribution in [0.3, 0.4) is 0 Å². The number of hydrogen-bond donors (Lipinski definition) is 1. The molecule has 0 aliphatic carbocycles. The van der Waals surface area contributed by atoms with Crippen molar-refractivity contribution in [2.24, 2.45) is 0 Å². The van der Waals surface area contributed by atoms with Gasteiger partial charge in [-0.15, -0.1) is 0 Å². The molecule has 1 N–H and O–H groups in total. The molecule has 118 valence electrons. The van der Waals surface area contributed by atoms with Gasteiger partial charge in [0.1, 0.15) is 11.6 Å². The Balaban J connectivity index is 2.19. The molecular formula is C14H22FN3O2S. The Morgan fingerprint density at radius 2 is 1.95 bits per heavy atom. The van der Waals surface area contributed by atoms with E-state index in [0.29, 0.717) is 25.5 Å². The molecule has 0 spiro atoms. The number of halogens is 1. The van der Waals surface area contributed by atoms with Gasteiger partial charge in [-0.1, -0.05) is 0 Å². The first-order chi connectivity index (χ1) is 9.66. The van der Waals surface area contributed by atoms with Crippen LogP contribution in [0, 0.1) is 5.82 Å². The van der Waals surface area contributed by atoms with Crippen LogP contribution >= 0.6 is 0 Å². The third kappa shape index (κ3) is 4.64. The molecule has 2 rings (SSSR count). The van der Waals surface area contributed by atoms with E-state index in [-0.39, 0.29) is 22.9 Å². The van der Waals surface area contributed by atoms with E-state index in [1.807, 2.05) is 25.7 Å². The maximum atomic E-state index is 13.5. The molecule has 2 heterocycles. The number of sulfone groups is 1. The number of anilines is 1. The second-order valence-corrected chi connectivity index (χ2v) is 8.68. The molecule has 0 radical (unpaired) electrons. The summed E-state index contributed by atoms with van der Waals surface area (Å²) < 4.78 is 36.5. The van der Waals surface area contributed by atoms with Crippen LogP contribution in [-0.4, -0.2) is 43.5 Å². The second kappa shape index (κ2) is 5.88. The molecule has 0 atom stereocenters. The molecule has 0 bridgehead atoms. The van der Waals surface area contributed by atoms with Crippen molar-refractivity contribution in [3.05, 3.63) is 23.6 Å². The third-order valence-electron chi connectivity index (χ3n) is 3.36. The molecule has 1 aromatic rings. The van der Waals surface area contributed by atoms with Gasteiger partial charge in [-0.25, -0.2) is 17.8 Å². The molecule has 7 heteroatoms. The molecule has 0 saturated carbocycles.